The van der Waals surface area contributed by atoms with E-state index in [1.165, 1.54) is 5.56 Å². The van der Waals surface area contributed by atoms with E-state index in [4.69, 9.17) is 0 Å². The number of rotatable bonds is 5. The van der Waals surface area contributed by atoms with Crippen molar-refractivity contribution in [2.45, 2.75) is 27.3 Å². The van der Waals surface area contributed by atoms with Crippen LogP contribution in [-0.4, -0.2) is 17.4 Å². The molecule has 0 fully saturated rings. The van der Waals surface area contributed by atoms with Gasteiger partial charge in [0.15, 0.2) is 0 Å². The van der Waals surface area contributed by atoms with Crippen molar-refractivity contribution in [3.8, 4) is 0 Å². The summed E-state index contributed by atoms with van der Waals surface area (Å²) in [5, 5.41) is 6.09. The molecular formula is C17H21N3O. The zero-order valence-corrected chi connectivity index (χ0v) is 12.7. The van der Waals surface area contributed by atoms with Gasteiger partial charge in [0.25, 0.3) is 5.91 Å². The lowest BCUT2D eigenvalue weighted by molar-refractivity contribution is 0.0950. The lowest BCUT2D eigenvalue weighted by Gasteiger charge is -2.10. The molecule has 0 bridgehead atoms. The number of hydrogen-bond donors (Lipinski definition) is 2. The molecule has 0 saturated heterocycles. The molecule has 4 heteroatoms. The molecule has 1 aromatic carbocycles. The summed E-state index contributed by atoms with van der Waals surface area (Å²) in [6.07, 6.45) is 0. The smallest absolute Gasteiger partial charge is 0.251 e. The summed E-state index contributed by atoms with van der Waals surface area (Å²) < 4.78 is 0. The van der Waals surface area contributed by atoms with Crippen molar-refractivity contribution in [3.63, 3.8) is 0 Å². The Morgan fingerprint density at radius 3 is 2.67 bits per heavy atom. The van der Waals surface area contributed by atoms with Crippen LogP contribution in [0.3, 0.4) is 0 Å². The van der Waals surface area contributed by atoms with E-state index >= 15 is 0 Å². The van der Waals surface area contributed by atoms with Crippen LogP contribution >= 0.6 is 0 Å². The number of aryl methyl sites for hydroxylation is 2. The molecular weight excluding hydrogens is 262 g/mol. The maximum atomic E-state index is 12.3. The maximum Gasteiger partial charge on any atom is 0.251 e. The van der Waals surface area contributed by atoms with E-state index in [9.17, 15) is 4.79 Å². The molecule has 0 aliphatic carbocycles. The van der Waals surface area contributed by atoms with E-state index in [-0.39, 0.29) is 5.91 Å². The van der Waals surface area contributed by atoms with Crippen LogP contribution < -0.4 is 10.6 Å². The number of carbonyl (C=O) groups is 1. The summed E-state index contributed by atoms with van der Waals surface area (Å²) in [7, 11) is 0. The van der Waals surface area contributed by atoms with E-state index in [0.717, 1.165) is 23.6 Å². The molecule has 21 heavy (non-hydrogen) atoms. The van der Waals surface area contributed by atoms with Gasteiger partial charge in [-0.05, 0) is 44.0 Å². The number of pyridine rings is 1. The van der Waals surface area contributed by atoms with E-state index in [2.05, 4.69) is 15.6 Å². The SMILES string of the molecule is CCNc1cc(C(=O)NCc2ccccc2C)cc(C)n1. The number of benzene rings is 1. The lowest BCUT2D eigenvalue weighted by atomic mass is 10.1. The fraction of sp³-hybridized carbons (Fsp3) is 0.294. The third-order valence-electron chi connectivity index (χ3n) is 3.27. The van der Waals surface area contributed by atoms with Crippen molar-refractivity contribution in [2.75, 3.05) is 11.9 Å². The van der Waals surface area contributed by atoms with Crippen molar-refractivity contribution < 1.29 is 4.79 Å². The van der Waals surface area contributed by atoms with Crippen LogP contribution in [0.15, 0.2) is 36.4 Å². The van der Waals surface area contributed by atoms with Gasteiger partial charge in [-0.3, -0.25) is 4.79 Å². The molecule has 0 saturated carbocycles. The monoisotopic (exact) mass is 283 g/mol. The van der Waals surface area contributed by atoms with E-state index in [1.54, 1.807) is 12.1 Å². The molecule has 0 unspecified atom stereocenters. The van der Waals surface area contributed by atoms with Gasteiger partial charge in [-0.2, -0.15) is 0 Å². The number of nitrogens with one attached hydrogen (secondary N) is 2. The fourth-order valence-electron chi connectivity index (χ4n) is 2.16. The normalized spacial score (nSPS) is 10.2. The van der Waals surface area contributed by atoms with Crippen molar-refractivity contribution >= 4 is 11.7 Å². The first-order valence-electron chi connectivity index (χ1n) is 7.15. The average molecular weight is 283 g/mol. The number of aromatic nitrogens is 1. The molecule has 2 rings (SSSR count). The molecule has 1 amide bonds. The molecule has 110 valence electrons. The molecule has 0 atom stereocenters. The van der Waals surface area contributed by atoms with Crippen molar-refractivity contribution in [2.24, 2.45) is 0 Å². The summed E-state index contributed by atoms with van der Waals surface area (Å²) in [6.45, 7) is 7.24. The van der Waals surface area contributed by atoms with Gasteiger partial charge in [-0.25, -0.2) is 4.98 Å². The molecule has 4 nitrogen and oxygen atoms in total. The second kappa shape index (κ2) is 6.88. The molecule has 0 radical (unpaired) electrons. The van der Waals surface area contributed by atoms with Crippen molar-refractivity contribution in [1.82, 2.24) is 10.3 Å². The zero-order valence-electron chi connectivity index (χ0n) is 12.7. The summed E-state index contributed by atoms with van der Waals surface area (Å²) >= 11 is 0. The Morgan fingerprint density at radius 2 is 1.95 bits per heavy atom. The Morgan fingerprint density at radius 1 is 1.19 bits per heavy atom. The highest BCUT2D eigenvalue weighted by atomic mass is 16.1. The Kier molecular flexibility index (Phi) is 4.93. The van der Waals surface area contributed by atoms with Crippen LogP contribution in [0.1, 0.15) is 34.1 Å². The highest BCUT2D eigenvalue weighted by Crippen LogP contribution is 2.11. The number of amides is 1. The van der Waals surface area contributed by atoms with Crippen LogP contribution in [0, 0.1) is 13.8 Å². The topological polar surface area (TPSA) is 54.0 Å². The Bertz CT molecular complexity index is 638. The summed E-state index contributed by atoms with van der Waals surface area (Å²) in [5.41, 5.74) is 3.77. The lowest BCUT2D eigenvalue weighted by Crippen LogP contribution is -2.23. The Hall–Kier alpha value is -2.36. The number of anilines is 1. The summed E-state index contributed by atoms with van der Waals surface area (Å²) in [6, 6.07) is 11.6. The quantitative estimate of drug-likeness (QED) is 0.886. The van der Waals surface area contributed by atoms with Crippen molar-refractivity contribution in [3.05, 3.63) is 58.8 Å². The summed E-state index contributed by atoms with van der Waals surface area (Å²) in [5.74, 6) is 0.654. The van der Waals surface area contributed by atoms with Gasteiger partial charge >= 0.3 is 0 Å². The molecule has 1 heterocycles. The first kappa shape index (κ1) is 15.0. The highest BCUT2D eigenvalue weighted by molar-refractivity contribution is 5.95. The minimum Gasteiger partial charge on any atom is -0.370 e. The largest absolute Gasteiger partial charge is 0.370 e. The number of nitrogens with zero attached hydrogens (tertiary/aromatic N) is 1. The molecule has 2 N–H and O–H groups in total. The Balaban J connectivity index is 2.08. The standard InChI is InChI=1S/C17H21N3O/c1-4-18-16-10-15(9-13(3)20-16)17(21)19-11-14-8-6-5-7-12(14)2/h5-10H,4,11H2,1-3H3,(H,18,20)(H,19,21). The van der Waals surface area contributed by atoms with E-state index in [0.29, 0.717) is 12.1 Å². The van der Waals surface area contributed by atoms with Gasteiger partial charge in [-0.15, -0.1) is 0 Å². The van der Waals surface area contributed by atoms with Crippen LogP contribution in [0.5, 0.6) is 0 Å². The fourth-order valence-corrected chi connectivity index (χ4v) is 2.16. The second-order valence-corrected chi connectivity index (χ2v) is 5.02. The third kappa shape index (κ3) is 4.05. The molecule has 0 spiro atoms. The van der Waals surface area contributed by atoms with Gasteiger partial charge < -0.3 is 10.6 Å². The molecule has 1 aromatic heterocycles. The Labute approximate surface area is 125 Å². The molecule has 2 aromatic rings. The van der Waals surface area contributed by atoms with E-state index < -0.39 is 0 Å². The maximum absolute atomic E-state index is 12.3. The van der Waals surface area contributed by atoms with Crippen LogP contribution in [-0.2, 0) is 6.54 Å². The number of carbonyl (C=O) groups excluding carboxylic acids is 1. The minimum atomic E-state index is -0.0806. The zero-order chi connectivity index (χ0) is 15.2. The van der Waals surface area contributed by atoms with Crippen LogP contribution in [0.25, 0.3) is 0 Å². The minimum absolute atomic E-state index is 0.0806. The predicted molar refractivity (Wildman–Crippen MR) is 85.5 cm³/mol. The van der Waals surface area contributed by atoms with Gasteiger partial charge in [0.1, 0.15) is 5.82 Å². The van der Waals surface area contributed by atoms with Gasteiger partial charge in [0.05, 0.1) is 0 Å². The predicted octanol–water partition coefficient (Wildman–Crippen LogP) is 3.06. The highest BCUT2D eigenvalue weighted by Gasteiger charge is 2.08. The molecule has 0 aliphatic rings. The van der Waals surface area contributed by atoms with Gasteiger partial charge in [0, 0.05) is 24.3 Å². The van der Waals surface area contributed by atoms with Gasteiger partial charge in [-0.1, -0.05) is 24.3 Å². The van der Waals surface area contributed by atoms with Crippen molar-refractivity contribution in [1.29, 1.82) is 0 Å². The number of hydrogen-bond acceptors (Lipinski definition) is 3. The first-order valence-corrected chi connectivity index (χ1v) is 7.15. The van der Waals surface area contributed by atoms with Gasteiger partial charge in [0.2, 0.25) is 0 Å². The van der Waals surface area contributed by atoms with Crippen LogP contribution in [0.4, 0.5) is 5.82 Å². The van der Waals surface area contributed by atoms with Crippen LogP contribution in [0.2, 0.25) is 0 Å². The summed E-state index contributed by atoms with van der Waals surface area (Å²) in [4.78, 5) is 16.6. The average Bonchev–Trinajstić information content (AvgIpc) is 2.46. The van der Waals surface area contributed by atoms with E-state index in [1.807, 2.05) is 45.0 Å². The second-order valence-electron chi connectivity index (χ2n) is 5.02. The first-order chi connectivity index (χ1) is 10.1. The third-order valence-corrected chi connectivity index (χ3v) is 3.27. The molecule has 0 aliphatic heterocycles.